The van der Waals surface area contributed by atoms with Crippen molar-refractivity contribution in [1.29, 1.82) is 0 Å². The third kappa shape index (κ3) is 2.91. The van der Waals surface area contributed by atoms with Gasteiger partial charge in [-0.25, -0.2) is 4.98 Å². The highest BCUT2D eigenvalue weighted by Crippen LogP contribution is 2.23. The number of nitrogens with one attached hydrogen (secondary N) is 1. The summed E-state index contributed by atoms with van der Waals surface area (Å²) in [5, 5.41) is 3.36. The maximum absolute atomic E-state index is 11.7. The van der Waals surface area contributed by atoms with Crippen LogP contribution in [-0.2, 0) is 17.9 Å². The Balaban J connectivity index is 1.63. The zero-order valence-electron chi connectivity index (χ0n) is 12.2. The first-order valence-corrected chi connectivity index (χ1v) is 7.42. The minimum absolute atomic E-state index is 0.223. The van der Waals surface area contributed by atoms with E-state index in [1.807, 2.05) is 41.6 Å². The lowest BCUT2D eigenvalue weighted by Gasteiger charge is -2.16. The summed E-state index contributed by atoms with van der Waals surface area (Å²) >= 11 is 0. The molecule has 2 heterocycles. The number of nitrogens with zero attached hydrogens (tertiary/aromatic N) is 3. The number of carbonyl (C=O) groups excluding carboxylic acids is 1. The van der Waals surface area contributed by atoms with Crippen LogP contribution in [0.3, 0.4) is 0 Å². The van der Waals surface area contributed by atoms with Gasteiger partial charge in [-0.05, 0) is 37.6 Å². The number of rotatable bonds is 5. The molecule has 110 valence electrons. The van der Waals surface area contributed by atoms with Crippen molar-refractivity contribution < 1.29 is 4.79 Å². The zero-order valence-corrected chi connectivity index (χ0v) is 12.2. The molecule has 0 aliphatic carbocycles. The van der Waals surface area contributed by atoms with Gasteiger partial charge in [0.2, 0.25) is 5.91 Å². The molecule has 1 amide bonds. The summed E-state index contributed by atoms with van der Waals surface area (Å²) < 4.78 is 2.12. The summed E-state index contributed by atoms with van der Waals surface area (Å²) in [6.07, 6.45) is 5.43. The van der Waals surface area contributed by atoms with E-state index >= 15 is 0 Å². The Hall–Kier alpha value is -2.30. The fourth-order valence-electron chi connectivity index (χ4n) is 2.66. The van der Waals surface area contributed by atoms with Crippen molar-refractivity contribution in [2.75, 3.05) is 16.8 Å². The van der Waals surface area contributed by atoms with Crippen LogP contribution in [0.1, 0.15) is 25.6 Å². The predicted octanol–water partition coefficient (Wildman–Crippen LogP) is 2.64. The molecule has 0 spiro atoms. The molecule has 0 radical (unpaired) electrons. The second-order valence-corrected chi connectivity index (χ2v) is 5.18. The highest BCUT2D eigenvalue weighted by atomic mass is 16.2. The lowest BCUT2D eigenvalue weighted by molar-refractivity contribution is -0.117. The van der Waals surface area contributed by atoms with Gasteiger partial charge in [0.25, 0.3) is 0 Å². The molecular formula is C16H20N4O. The normalized spacial score (nSPS) is 14.7. The molecule has 0 atom stereocenters. The van der Waals surface area contributed by atoms with Crippen molar-refractivity contribution in [2.45, 2.75) is 32.9 Å². The van der Waals surface area contributed by atoms with Crippen LogP contribution in [0.25, 0.3) is 0 Å². The number of amides is 1. The number of anilines is 2. The maximum Gasteiger partial charge on any atom is 0.227 e. The molecule has 0 bridgehead atoms. The second kappa shape index (κ2) is 5.99. The van der Waals surface area contributed by atoms with Gasteiger partial charge < -0.3 is 14.8 Å². The Bertz CT molecular complexity index is 617. The number of carbonyl (C=O) groups is 1. The summed E-state index contributed by atoms with van der Waals surface area (Å²) in [6, 6.07) is 8.02. The third-order valence-corrected chi connectivity index (χ3v) is 3.85. The quantitative estimate of drug-likeness (QED) is 0.918. The van der Waals surface area contributed by atoms with Crippen molar-refractivity contribution in [2.24, 2.45) is 0 Å². The van der Waals surface area contributed by atoms with Crippen LogP contribution in [0.4, 0.5) is 11.4 Å². The van der Waals surface area contributed by atoms with E-state index in [1.54, 1.807) is 0 Å². The monoisotopic (exact) mass is 284 g/mol. The standard InChI is InChI=1S/C16H20N4O/c1-2-19-11-9-17-15(19)12-18-13-5-7-14(8-6-13)20-10-3-4-16(20)21/h5-9,11,18H,2-4,10,12H2,1H3. The average Bonchev–Trinajstić information content (AvgIpc) is 3.14. The van der Waals surface area contributed by atoms with E-state index in [1.165, 1.54) is 0 Å². The Morgan fingerprint density at radius 3 is 2.76 bits per heavy atom. The van der Waals surface area contributed by atoms with Crippen LogP contribution in [0.5, 0.6) is 0 Å². The molecule has 5 heteroatoms. The van der Waals surface area contributed by atoms with Crippen LogP contribution < -0.4 is 10.2 Å². The van der Waals surface area contributed by atoms with Gasteiger partial charge in [0.15, 0.2) is 0 Å². The molecule has 3 rings (SSSR count). The molecule has 1 aromatic heterocycles. The molecule has 21 heavy (non-hydrogen) atoms. The van der Waals surface area contributed by atoms with Crippen molar-refractivity contribution >= 4 is 17.3 Å². The molecule has 1 aliphatic heterocycles. The summed E-state index contributed by atoms with van der Waals surface area (Å²) in [4.78, 5) is 17.9. The fourth-order valence-corrected chi connectivity index (χ4v) is 2.66. The highest BCUT2D eigenvalue weighted by molar-refractivity contribution is 5.95. The Morgan fingerprint density at radius 1 is 1.29 bits per heavy atom. The molecule has 1 aromatic carbocycles. The first-order chi connectivity index (χ1) is 10.3. The number of hydrogen-bond donors (Lipinski definition) is 1. The molecule has 1 aliphatic rings. The summed E-state index contributed by atoms with van der Waals surface area (Å²) in [6.45, 7) is 4.56. The molecule has 1 N–H and O–H groups in total. The molecule has 5 nitrogen and oxygen atoms in total. The number of imidazole rings is 1. The van der Waals surface area contributed by atoms with Crippen LogP contribution in [-0.4, -0.2) is 22.0 Å². The first kappa shape index (κ1) is 13.7. The summed E-state index contributed by atoms with van der Waals surface area (Å²) in [5.74, 6) is 1.25. The van der Waals surface area contributed by atoms with Gasteiger partial charge in [-0.1, -0.05) is 0 Å². The van der Waals surface area contributed by atoms with E-state index in [9.17, 15) is 4.79 Å². The van der Waals surface area contributed by atoms with Crippen LogP contribution >= 0.6 is 0 Å². The topological polar surface area (TPSA) is 50.2 Å². The number of aromatic nitrogens is 2. The van der Waals surface area contributed by atoms with Gasteiger partial charge in [0, 0.05) is 43.3 Å². The Kier molecular flexibility index (Phi) is 3.90. The van der Waals surface area contributed by atoms with E-state index < -0.39 is 0 Å². The van der Waals surface area contributed by atoms with Gasteiger partial charge in [-0.15, -0.1) is 0 Å². The lowest BCUT2D eigenvalue weighted by Crippen LogP contribution is -2.23. The molecule has 0 unspecified atom stereocenters. The van der Waals surface area contributed by atoms with E-state index in [-0.39, 0.29) is 5.91 Å². The van der Waals surface area contributed by atoms with E-state index in [4.69, 9.17) is 0 Å². The van der Waals surface area contributed by atoms with E-state index in [0.29, 0.717) is 13.0 Å². The minimum atomic E-state index is 0.223. The second-order valence-electron chi connectivity index (χ2n) is 5.18. The third-order valence-electron chi connectivity index (χ3n) is 3.85. The highest BCUT2D eigenvalue weighted by Gasteiger charge is 2.21. The van der Waals surface area contributed by atoms with Crippen LogP contribution in [0.15, 0.2) is 36.7 Å². The maximum atomic E-state index is 11.7. The van der Waals surface area contributed by atoms with Crippen molar-refractivity contribution in [1.82, 2.24) is 9.55 Å². The molecule has 1 saturated heterocycles. The molecule has 2 aromatic rings. The molecule has 0 saturated carbocycles. The number of benzene rings is 1. The van der Waals surface area contributed by atoms with E-state index in [0.717, 1.165) is 36.7 Å². The van der Waals surface area contributed by atoms with E-state index in [2.05, 4.69) is 21.8 Å². The van der Waals surface area contributed by atoms with Gasteiger partial charge in [0.05, 0.1) is 6.54 Å². The average molecular weight is 284 g/mol. The van der Waals surface area contributed by atoms with Crippen LogP contribution in [0, 0.1) is 0 Å². The Labute approximate surface area is 124 Å². The fraction of sp³-hybridized carbons (Fsp3) is 0.375. The van der Waals surface area contributed by atoms with Crippen molar-refractivity contribution in [3.05, 3.63) is 42.5 Å². The smallest absolute Gasteiger partial charge is 0.227 e. The van der Waals surface area contributed by atoms with Gasteiger partial charge in [-0.2, -0.15) is 0 Å². The van der Waals surface area contributed by atoms with Crippen molar-refractivity contribution in [3.63, 3.8) is 0 Å². The van der Waals surface area contributed by atoms with Gasteiger partial charge >= 0.3 is 0 Å². The number of hydrogen-bond acceptors (Lipinski definition) is 3. The SMILES string of the molecule is CCn1ccnc1CNc1ccc(N2CCCC2=O)cc1. The predicted molar refractivity (Wildman–Crippen MR) is 83.3 cm³/mol. The van der Waals surface area contributed by atoms with Crippen molar-refractivity contribution in [3.8, 4) is 0 Å². The first-order valence-electron chi connectivity index (χ1n) is 7.42. The summed E-state index contributed by atoms with van der Waals surface area (Å²) in [7, 11) is 0. The lowest BCUT2D eigenvalue weighted by atomic mass is 10.2. The zero-order chi connectivity index (χ0) is 14.7. The molecular weight excluding hydrogens is 264 g/mol. The van der Waals surface area contributed by atoms with Gasteiger partial charge in [-0.3, -0.25) is 4.79 Å². The number of aryl methyl sites for hydroxylation is 1. The summed E-state index contributed by atoms with van der Waals surface area (Å²) in [5.41, 5.74) is 2.02. The largest absolute Gasteiger partial charge is 0.378 e. The van der Waals surface area contributed by atoms with Gasteiger partial charge in [0.1, 0.15) is 5.82 Å². The molecule has 1 fully saturated rings. The minimum Gasteiger partial charge on any atom is -0.378 e. The van der Waals surface area contributed by atoms with Crippen LogP contribution in [0.2, 0.25) is 0 Å². The Morgan fingerprint density at radius 2 is 2.10 bits per heavy atom.